The van der Waals surface area contributed by atoms with Crippen LogP contribution in [0.2, 0.25) is 10.0 Å². The Morgan fingerprint density at radius 1 is 1.21 bits per heavy atom. The van der Waals surface area contributed by atoms with Crippen LogP contribution in [0, 0.1) is 0 Å². The van der Waals surface area contributed by atoms with Gasteiger partial charge < -0.3 is 5.32 Å². The standard InChI is InChI=1S/C11H15Cl2N/c1-3-9(4-2)14-11-6-5-8(12)7-10(11)13/h5-7,9,14H,3-4H2,1-2H3. The van der Waals surface area contributed by atoms with E-state index in [2.05, 4.69) is 19.2 Å². The van der Waals surface area contributed by atoms with Crippen molar-refractivity contribution in [2.24, 2.45) is 0 Å². The predicted octanol–water partition coefficient (Wildman–Crippen LogP) is 4.59. The van der Waals surface area contributed by atoms with Gasteiger partial charge in [-0.1, -0.05) is 37.0 Å². The van der Waals surface area contributed by atoms with Gasteiger partial charge in [0, 0.05) is 11.1 Å². The van der Waals surface area contributed by atoms with Gasteiger partial charge in [0.25, 0.3) is 0 Å². The summed E-state index contributed by atoms with van der Waals surface area (Å²) in [6.45, 7) is 4.32. The second-order valence-corrected chi connectivity index (χ2v) is 4.13. The summed E-state index contributed by atoms with van der Waals surface area (Å²) in [7, 11) is 0. The third kappa shape index (κ3) is 3.07. The van der Waals surface area contributed by atoms with Crippen molar-refractivity contribution in [2.45, 2.75) is 32.7 Å². The Bertz CT molecular complexity index is 295. The molecule has 1 nitrogen and oxygen atoms in total. The lowest BCUT2D eigenvalue weighted by atomic mass is 10.1. The maximum atomic E-state index is 6.04. The summed E-state index contributed by atoms with van der Waals surface area (Å²) in [4.78, 5) is 0. The maximum Gasteiger partial charge on any atom is 0.0652 e. The van der Waals surface area contributed by atoms with Crippen LogP contribution in [0.15, 0.2) is 18.2 Å². The zero-order valence-corrected chi connectivity index (χ0v) is 9.99. The summed E-state index contributed by atoms with van der Waals surface area (Å²) in [6.07, 6.45) is 2.19. The van der Waals surface area contributed by atoms with Crippen molar-refractivity contribution in [2.75, 3.05) is 5.32 Å². The van der Waals surface area contributed by atoms with E-state index in [0.29, 0.717) is 16.1 Å². The van der Waals surface area contributed by atoms with Gasteiger partial charge in [-0.25, -0.2) is 0 Å². The van der Waals surface area contributed by atoms with Gasteiger partial charge in [-0.05, 0) is 31.0 Å². The summed E-state index contributed by atoms with van der Waals surface area (Å²) in [5.74, 6) is 0. The Kier molecular flexibility index (Phi) is 4.56. The minimum Gasteiger partial charge on any atom is -0.381 e. The molecule has 0 aliphatic heterocycles. The first kappa shape index (κ1) is 11.7. The van der Waals surface area contributed by atoms with Crippen molar-refractivity contribution in [3.05, 3.63) is 28.2 Å². The van der Waals surface area contributed by atoms with E-state index in [9.17, 15) is 0 Å². The highest BCUT2D eigenvalue weighted by atomic mass is 35.5. The van der Waals surface area contributed by atoms with Crippen LogP contribution in [0.5, 0.6) is 0 Å². The summed E-state index contributed by atoms with van der Waals surface area (Å²) in [5.41, 5.74) is 0.963. The molecule has 78 valence electrons. The molecule has 0 aromatic heterocycles. The summed E-state index contributed by atoms with van der Waals surface area (Å²) < 4.78 is 0. The van der Waals surface area contributed by atoms with Crippen molar-refractivity contribution in [1.29, 1.82) is 0 Å². The second kappa shape index (κ2) is 5.47. The molecule has 0 spiro atoms. The van der Waals surface area contributed by atoms with Gasteiger partial charge in [0.1, 0.15) is 0 Å². The van der Waals surface area contributed by atoms with Gasteiger partial charge in [0.05, 0.1) is 10.7 Å². The van der Waals surface area contributed by atoms with E-state index < -0.39 is 0 Å². The molecule has 14 heavy (non-hydrogen) atoms. The van der Waals surface area contributed by atoms with E-state index >= 15 is 0 Å². The summed E-state index contributed by atoms with van der Waals surface area (Å²) >= 11 is 11.8. The smallest absolute Gasteiger partial charge is 0.0652 e. The van der Waals surface area contributed by atoms with Crippen molar-refractivity contribution < 1.29 is 0 Å². The highest BCUT2D eigenvalue weighted by Gasteiger charge is 2.06. The van der Waals surface area contributed by atoms with Crippen LogP contribution in [0.1, 0.15) is 26.7 Å². The predicted molar refractivity (Wildman–Crippen MR) is 64.5 cm³/mol. The molecule has 3 heteroatoms. The molecule has 1 N–H and O–H groups in total. The van der Waals surface area contributed by atoms with Crippen LogP contribution in [0.4, 0.5) is 5.69 Å². The van der Waals surface area contributed by atoms with E-state index in [1.165, 1.54) is 0 Å². The lowest BCUT2D eigenvalue weighted by molar-refractivity contribution is 0.672. The van der Waals surface area contributed by atoms with Crippen LogP contribution < -0.4 is 5.32 Å². The number of hydrogen-bond acceptors (Lipinski definition) is 1. The zero-order chi connectivity index (χ0) is 10.6. The molecule has 0 aliphatic carbocycles. The average Bonchev–Trinajstić information content (AvgIpc) is 2.17. The Morgan fingerprint density at radius 3 is 2.36 bits per heavy atom. The first-order chi connectivity index (χ1) is 6.67. The third-order valence-electron chi connectivity index (χ3n) is 2.28. The van der Waals surface area contributed by atoms with Crippen molar-refractivity contribution >= 4 is 28.9 Å². The Balaban J connectivity index is 2.76. The number of halogens is 2. The van der Waals surface area contributed by atoms with Gasteiger partial charge in [-0.3, -0.25) is 0 Å². The average molecular weight is 232 g/mol. The van der Waals surface area contributed by atoms with Gasteiger partial charge >= 0.3 is 0 Å². The van der Waals surface area contributed by atoms with E-state index in [-0.39, 0.29) is 0 Å². The van der Waals surface area contributed by atoms with Crippen LogP contribution in [0.3, 0.4) is 0 Å². The minimum atomic E-state index is 0.480. The summed E-state index contributed by atoms with van der Waals surface area (Å²) in [5, 5.41) is 4.74. The van der Waals surface area contributed by atoms with Crippen LogP contribution in [0.25, 0.3) is 0 Å². The molecular formula is C11H15Cl2N. The van der Waals surface area contributed by atoms with Crippen LogP contribution in [-0.2, 0) is 0 Å². The van der Waals surface area contributed by atoms with Crippen LogP contribution in [-0.4, -0.2) is 6.04 Å². The van der Waals surface area contributed by atoms with E-state index in [0.717, 1.165) is 18.5 Å². The lowest BCUT2D eigenvalue weighted by Gasteiger charge is -2.17. The number of hydrogen-bond donors (Lipinski definition) is 1. The van der Waals surface area contributed by atoms with Gasteiger partial charge in [0.15, 0.2) is 0 Å². The fraction of sp³-hybridized carbons (Fsp3) is 0.455. The fourth-order valence-electron chi connectivity index (χ4n) is 1.32. The molecule has 1 aromatic rings. The quantitative estimate of drug-likeness (QED) is 0.800. The van der Waals surface area contributed by atoms with Crippen molar-refractivity contribution in [3.8, 4) is 0 Å². The number of benzene rings is 1. The molecule has 0 fully saturated rings. The molecule has 0 atom stereocenters. The molecule has 0 bridgehead atoms. The third-order valence-corrected chi connectivity index (χ3v) is 2.82. The zero-order valence-electron chi connectivity index (χ0n) is 8.48. The Hall–Kier alpha value is -0.400. The van der Waals surface area contributed by atoms with E-state index in [4.69, 9.17) is 23.2 Å². The highest BCUT2D eigenvalue weighted by Crippen LogP contribution is 2.26. The molecule has 0 saturated carbocycles. The van der Waals surface area contributed by atoms with Gasteiger partial charge in [-0.2, -0.15) is 0 Å². The molecule has 0 radical (unpaired) electrons. The highest BCUT2D eigenvalue weighted by molar-refractivity contribution is 6.36. The lowest BCUT2D eigenvalue weighted by Crippen LogP contribution is -2.17. The van der Waals surface area contributed by atoms with Gasteiger partial charge in [-0.15, -0.1) is 0 Å². The molecule has 0 amide bonds. The normalized spacial score (nSPS) is 10.6. The van der Waals surface area contributed by atoms with Crippen molar-refractivity contribution in [3.63, 3.8) is 0 Å². The first-order valence-corrected chi connectivity index (χ1v) is 5.64. The summed E-state index contributed by atoms with van der Waals surface area (Å²) in [6, 6.07) is 6.00. The molecule has 0 aliphatic rings. The largest absolute Gasteiger partial charge is 0.381 e. The Labute approximate surface area is 95.4 Å². The molecule has 1 rings (SSSR count). The number of nitrogens with one attached hydrogen (secondary N) is 1. The molecule has 0 unspecified atom stereocenters. The first-order valence-electron chi connectivity index (χ1n) is 4.89. The number of anilines is 1. The van der Waals surface area contributed by atoms with Crippen molar-refractivity contribution in [1.82, 2.24) is 0 Å². The second-order valence-electron chi connectivity index (χ2n) is 3.28. The fourth-order valence-corrected chi connectivity index (χ4v) is 1.78. The number of rotatable bonds is 4. The minimum absolute atomic E-state index is 0.480. The topological polar surface area (TPSA) is 12.0 Å². The molecule has 1 aromatic carbocycles. The molecule has 0 saturated heterocycles. The van der Waals surface area contributed by atoms with Crippen LogP contribution >= 0.6 is 23.2 Å². The van der Waals surface area contributed by atoms with E-state index in [1.807, 2.05) is 12.1 Å². The Morgan fingerprint density at radius 2 is 1.86 bits per heavy atom. The van der Waals surface area contributed by atoms with E-state index in [1.54, 1.807) is 6.07 Å². The SMILES string of the molecule is CCC(CC)Nc1ccc(Cl)cc1Cl. The molecule has 0 heterocycles. The molecular weight excluding hydrogens is 217 g/mol. The van der Waals surface area contributed by atoms with Gasteiger partial charge in [0.2, 0.25) is 0 Å². The maximum absolute atomic E-state index is 6.04. The monoisotopic (exact) mass is 231 g/mol.